The molecule has 0 bridgehead atoms. The van der Waals surface area contributed by atoms with Crippen molar-refractivity contribution in [2.75, 3.05) is 11.5 Å². The average Bonchev–Trinajstić information content (AvgIpc) is 2.68. The number of anilines is 2. The first-order chi connectivity index (χ1) is 8.08. The molecule has 8 nitrogen and oxygen atoms in total. The molecule has 88 valence electrons. The Kier molecular flexibility index (Phi) is 2.61. The molecule has 2 heterocycles. The van der Waals surface area contributed by atoms with E-state index in [1.54, 1.807) is 12.1 Å². The van der Waals surface area contributed by atoms with Gasteiger partial charge >= 0.3 is 5.69 Å². The summed E-state index contributed by atoms with van der Waals surface area (Å²) < 4.78 is 5.09. The molecular weight excluding hydrogens is 226 g/mol. The number of furan rings is 1. The van der Waals surface area contributed by atoms with Gasteiger partial charge in [0.25, 0.3) is 0 Å². The zero-order chi connectivity index (χ0) is 12.4. The molecule has 0 amide bonds. The number of hydrogen-bond donors (Lipinski definition) is 2. The molecule has 2 aromatic heterocycles. The van der Waals surface area contributed by atoms with Crippen LogP contribution in [-0.4, -0.2) is 14.9 Å². The van der Waals surface area contributed by atoms with Gasteiger partial charge < -0.3 is 15.9 Å². The third-order valence-electron chi connectivity index (χ3n) is 2.10. The lowest BCUT2D eigenvalue weighted by molar-refractivity contribution is -0.385. The van der Waals surface area contributed by atoms with Gasteiger partial charge in [0.15, 0.2) is 0 Å². The van der Waals surface area contributed by atoms with E-state index in [1.807, 2.05) is 0 Å². The van der Waals surface area contributed by atoms with Crippen LogP contribution in [0.5, 0.6) is 0 Å². The van der Waals surface area contributed by atoms with Crippen LogP contribution in [0.2, 0.25) is 0 Å². The maximum atomic E-state index is 10.9. The summed E-state index contributed by atoms with van der Waals surface area (Å²) in [7, 11) is 0. The SMILES string of the molecule is Nc1nc(N)c([N+](=O)[O-])c(Cc2ccco2)n1. The van der Waals surface area contributed by atoms with E-state index in [0.717, 1.165) is 0 Å². The van der Waals surface area contributed by atoms with Crippen LogP contribution in [0.3, 0.4) is 0 Å². The topological polar surface area (TPSA) is 134 Å². The Bertz CT molecular complexity index is 552. The fourth-order valence-corrected chi connectivity index (χ4v) is 1.44. The van der Waals surface area contributed by atoms with Crippen LogP contribution >= 0.6 is 0 Å². The molecule has 0 unspecified atom stereocenters. The molecule has 0 fully saturated rings. The standard InChI is InChI=1S/C9H9N5O3/c10-8-7(14(15)16)6(12-9(11)13-8)4-5-2-1-3-17-5/h1-3H,4H2,(H4,10,11,12,13). The van der Waals surface area contributed by atoms with Gasteiger partial charge in [-0.1, -0.05) is 0 Å². The quantitative estimate of drug-likeness (QED) is 0.591. The minimum Gasteiger partial charge on any atom is -0.469 e. The van der Waals surface area contributed by atoms with Crippen LogP contribution in [-0.2, 0) is 6.42 Å². The van der Waals surface area contributed by atoms with Crippen molar-refractivity contribution >= 4 is 17.5 Å². The Labute approximate surface area is 95.4 Å². The van der Waals surface area contributed by atoms with Gasteiger partial charge in [-0.3, -0.25) is 10.1 Å². The molecule has 0 aliphatic rings. The second kappa shape index (κ2) is 4.08. The van der Waals surface area contributed by atoms with Gasteiger partial charge in [-0.2, -0.15) is 4.98 Å². The molecule has 0 atom stereocenters. The third-order valence-corrected chi connectivity index (χ3v) is 2.10. The number of nitro groups is 1. The number of rotatable bonds is 3. The fourth-order valence-electron chi connectivity index (χ4n) is 1.44. The first kappa shape index (κ1) is 10.9. The summed E-state index contributed by atoms with van der Waals surface area (Å²) in [6.45, 7) is 0. The van der Waals surface area contributed by atoms with Crippen molar-refractivity contribution in [1.82, 2.24) is 9.97 Å². The van der Waals surface area contributed by atoms with E-state index in [4.69, 9.17) is 15.9 Å². The Balaban J connectivity index is 2.47. The molecule has 2 rings (SSSR count). The lowest BCUT2D eigenvalue weighted by Gasteiger charge is -2.03. The maximum absolute atomic E-state index is 10.9. The van der Waals surface area contributed by atoms with Crippen molar-refractivity contribution in [3.8, 4) is 0 Å². The summed E-state index contributed by atoms with van der Waals surface area (Å²) in [4.78, 5) is 17.6. The zero-order valence-electron chi connectivity index (χ0n) is 8.66. The molecule has 17 heavy (non-hydrogen) atoms. The lowest BCUT2D eigenvalue weighted by atomic mass is 10.2. The Hall–Kier alpha value is -2.64. The molecule has 8 heteroatoms. The minimum absolute atomic E-state index is 0.102. The van der Waals surface area contributed by atoms with E-state index in [-0.39, 0.29) is 29.6 Å². The van der Waals surface area contributed by atoms with Gasteiger partial charge in [0.2, 0.25) is 11.8 Å². The molecule has 0 saturated heterocycles. The summed E-state index contributed by atoms with van der Waals surface area (Å²) in [5, 5.41) is 10.9. The fraction of sp³-hybridized carbons (Fsp3) is 0.111. The van der Waals surface area contributed by atoms with E-state index in [9.17, 15) is 10.1 Å². The van der Waals surface area contributed by atoms with Gasteiger partial charge in [-0.25, -0.2) is 4.98 Å². The third kappa shape index (κ3) is 2.14. The van der Waals surface area contributed by atoms with Crippen LogP contribution in [0.4, 0.5) is 17.5 Å². The van der Waals surface area contributed by atoms with Gasteiger partial charge in [-0.05, 0) is 12.1 Å². The summed E-state index contributed by atoms with van der Waals surface area (Å²) in [6.07, 6.45) is 1.61. The van der Waals surface area contributed by atoms with E-state index in [1.165, 1.54) is 6.26 Å². The molecule has 0 aliphatic carbocycles. The van der Waals surface area contributed by atoms with E-state index >= 15 is 0 Å². The first-order valence-electron chi connectivity index (χ1n) is 4.66. The number of nitrogens with two attached hydrogens (primary N) is 2. The largest absolute Gasteiger partial charge is 0.469 e. The Morgan fingerprint density at radius 2 is 2.18 bits per heavy atom. The Morgan fingerprint density at radius 3 is 2.76 bits per heavy atom. The predicted molar refractivity (Wildman–Crippen MR) is 59.0 cm³/mol. The predicted octanol–water partition coefficient (Wildman–Crippen LogP) is 0.733. The molecule has 0 spiro atoms. The first-order valence-corrected chi connectivity index (χ1v) is 4.66. The van der Waals surface area contributed by atoms with E-state index in [0.29, 0.717) is 5.76 Å². The second-order valence-corrected chi connectivity index (χ2v) is 3.28. The summed E-state index contributed by atoms with van der Waals surface area (Å²) in [5.74, 6) is 0.185. The monoisotopic (exact) mass is 235 g/mol. The molecule has 0 radical (unpaired) electrons. The molecule has 0 saturated carbocycles. The second-order valence-electron chi connectivity index (χ2n) is 3.28. The highest BCUT2D eigenvalue weighted by atomic mass is 16.6. The number of hydrogen-bond acceptors (Lipinski definition) is 7. The maximum Gasteiger partial charge on any atom is 0.333 e. The molecular formula is C9H9N5O3. The highest BCUT2D eigenvalue weighted by Crippen LogP contribution is 2.25. The lowest BCUT2D eigenvalue weighted by Crippen LogP contribution is -2.09. The number of nitrogen functional groups attached to an aromatic ring is 2. The van der Waals surface area contributed by atoms with Crippen molar-refractivity contribution in [1.29, 1.82) is 0 Å². The summed E-state index contributed by atoms with van der Waals surface area (Å²) >= 11 is 0. The van der Waals surface area contributed by atoms with Gasteiger partial charge in [-0.15, -0.1) is 0 Å². The van der Waals surface area contributed by atoms with Crippen LogP contribution in [0.25, 0.3) is 0 Å². The van der Waals surface area contributed by atoms with Gasteiger partial charge in [0.1, 0.15) is 11.5 Å². The van der Waals surface area contributed by atoms with Crippen molar-refractivity contribution in [2.45, 2.75) is 6.42 Å². The number of nitrogens with zero attached hydrogens (tertiary/aromatic N) is 3. The summed E-state index contributed by atoms with van der Waals surface area (Å²) in [6, 6.07) is 3.35. The van der Waals surface area contributed by atoms with Crippen LogP contribution < -0.4 is 11.5 Å². The van der Waals surface area contributed by atoms with Crippen molar-refractivity contribution < 1.29 is 9.34 Å². The van der Waals surface area contributed by atoms with Crippen molar-refractivity contribution in [3.05, 3.63) is 40.0 Å². The molecule has 2 aromatic rings. The highest BCUT2D eigenvalue weighted by molar-refractivity contribution is 5.58. The molecule has 0 aromatic carbocycles. The normalized spacial score (nSPS) is 10.4. The minimum atomic E-state index is -0.632. The van der Waals surface area contributed by atoms with E-state index < -0.39 is 4.92 Å². The van der Waals surface area contributed by atoms with Crippen molar-refractivity contribution in [3.63, 3.8) is 0 Å². The van der Waals surface area contributed by atoms with Crippen molar-refractivity contribution in [2.24, 2.45) is 0 Å². The summed E-state index contributed by atoms with van der Waals surface area (Å²) in [5.41, 5.74) is 10.6. The van der Waals surface area contributed by atoms with Crippen LogP contribution in [0.1, 0.15) is 11.5 Å². The van der Waals surface area contributed by atoms with Gasteiger partial charge in [0.05, 0.1) is 17.6 Å². The zero-order valence-corrected chi connectivity index (χ0v) is 8.66. The molecule has 4 N–H and O–H groups in total. The Morgan fingerprint density at radius 1 is 1.41 bits per heavy atom. The highest BCUT2D eigenvalue weighted by Gasteiger charge is 2.22. The number of aromatic nitrogens is 2. The average molecular weight is 235 g/mol. The van der Waals surface area contributed by atoms with Gasteiger partial charge in [0, 0.05) is 0 Å². The smallest absolute Gasteiger partial charge is 0.333 e. The van der Waals surface area contributed by atoms with E-state index in [2.05, 4.69) is 9.97 Å². The van der Waals surface area contributed by atoms with Crippen LogP contribution in [0.15, 0.2) is 22.8 Å². The molecule has 0 aliphatic heterocycles. The van der Waals surface area contributed by atoms with Crippen LogP contribution in [0, 0.1) is 10.1 Å².